The zero-order chi connectivity index (χ0) is 17.7. The predicted molar refractivity (Wildman–Crippen MR) is 98.1 cm³/mol. The van der Waals surface area contributed by atoms with Gasteiger partial charge >= 0.3 is 0 Å². The maximum atomic E-state index is 12.4. The molecule has 7 heteroatoms. The summed E-state index contributed by atoms with van der Waals surface area (Å²) in [5.41, 5.74) is 0. The average molecular weight is 417 g/mol. The Bertz CT molecular complexity index is 649. The molecule has 1 amide bonds. The van der Waals surface area contributed by atoms with Crippen molar-refractivity contribution in [3.8, 4) is 0 Å². The number of hydrogen-bond acceptors (Lipinski definition) is 3. The van der Waals surface area contributed by atoms with Gasteiger partial charge in [-0.1, -0.05) is 29.8 Å². The van der Waals surface area contributed by atoms with E-state index in [-0.39, 0.29) is 22.8 Å². The predicted octanol–water partition coefficient (Wildman–Crippen LogP) is 3.15. The van der Waals surface area contributed by atoms with Gasteiger partial charge in [-0.05, 0) is 49.9 Å². The standard InChI is InChI=1S/C17H25BrN2O3S/c1-3-13(4-2)17(21)20-11-9-15(10-12-20)19-24(22,23)16-7-5-14(18)6-8-16/h5-8,13,15,19H,3-4,9-12H2,1-2H3. The van der Waals surface area contributed by atoms with Crippen LogP contribution in [0.1, 0.15) is 39.5 Å². The number of nitrogens with zero attached hydrogens (tertiary/aromatic N) is 1. The number of hydrogen-bond donors (Lipinski definition) is 1. The topological polar surface area (TPSA) is 66.5 Å². The van der Waals surface area contributed by atoms with E-state index < -0.39 is 10.0 Å². The second-order valence-electron chi connectivity index (χ2n) is 6.19. The molecule has 1 aliphatic heterocycles. The molecule has 1 aliphatic rings. The van der Waals surface area contributed by atoms with Crippen LogP contribution in [0.4, 0.5) is 0 Å². The van der Waals surface area contributed by atoms with E-state index in [2.05, 4.69) is 20.7 Å². The van der Waals surface area contributed by atoms with Crippen LogP contribution in [-0.4, -0.2) is 38.4 Å². The maximum Gasteiger partial charge on any atom is 0.240 e. The van der Waals surface area contributed by atoms with Gasteiger partial charge in [-0.15, -0.1) is 0 Å². The quantitative estimate of drug-likeness (QED) is 0.774. The largest absolute Gasteiger partial charge is 0.342 e. The number of piperidine rings is 1. The van der Waals surface area contributed by atoms with Crippen molar-refractivity contribution in [2.24, 2.45) is 5.92 Å². The minimum Gasteiger partial charge on any atom is -0.342 e. The van der Waals surface area contributed by atoms with Crippen LogP contribution in [0.5, 0.6) is 0 Å². The third kappa shape index (κ3) is 4.80. The fraction of sp³-hybridized carbons (Fsp3) is 0.588. The zero-order valence-corrected chi connectivity index (χ0v) is 16.6. The van der Waals surface area contributed by atoms with Gasteiger partial charge in [0, 0.05) is 29.5 Å². The van der Waals surface area contributed by atoms with Gasteiger partial charge in [0.1, 0.15) is 0 Å². The lowest BCUT2D eigenvalue weighted by Crippen LogP contribution is -2.47. The van der Waals surface area contributed by atoms with Gasteiger partial charge in [0.15, 0.2) is 0 Å². The molecular weight excluding hydrogens is 392 g/mol. The lowest BCUT2D eigenvalue weighted by Gasteiger charge is -2.34. The summed E-state index contributed by atoms with van der Waals surface area (Å²) in [6, 6.07) is 6.47. The molecule has 1 saturated heterocycles. The van der Waals surface area contributed by atoms with Crippen LogP contribution in [0, 0.1) is 5.92 Å². The molecule has 1 aromatic carbocycles. The van der Waals surface area contributed by atoms with Crippen LogP contribution in [-0.2, 0) is 14.8 Å². The number of carbonyl (C=O) groups is 1. The van der Waals surface area contributed by atoms with E-state index in [1.54, 1.807) is 24.3 Å². The molecule has 0 radical (unpaired) electrons. The number of amides is 1. The minimum atomic E-state index is -3.51. The lowest BCUT2D eigenvalue weighted by molar-refractivity contribution is -0.136. The molecule has 0 unspecified atom stereocenters. The van der Waals surface area contributed by atoms with Crippen LogP contribution in [0.3, 0.4) is 0 Å². The number of halogens is 1. The van der Waals surface area contributed by atoms with E-state index in [0.717, 1.165) is 17.3 Å². The molecule has 1 aromatic rings. The Morgan fingerprint density at radius 2 is 1.75 bits per heavy atom. The highest BCUT2D eigenvalue weighted by molar-refractivity contribution is 9.10. The first kappa shape index (κ1) is 19.4. The first-order valence-corrected chi connectivity index (χ1v) is 10.7. The summed E-state index contributed by atoms with van der Waals surface area (Å²) in [6.45, 7) is 5.29. The van der Waals surface area contributed by atoms with E-state index in [0.29, 0.717) is 25.9 Å². The van der Waals surface area contributed by atoms with Gasteiger partial charge in [0.05, 0.1) is 4.90 Å². The molecule has 0 saturated carbocycles. The van der Waals surface area contributed by atoms with Gasteiger partial charge in [0.25, 0.3) is 0 Å². The van der Waals surface area contributed by atoms with Crippen LogP contribution >= 0.6 is 15.9 Å². The molecule has 0 bridgehead atoms. The fourth-order valence-electron chi connectivity index (χ4n) is 3.02. The molecule has 24 heavy (non-hydrogen) atoms. The third-order valence-electron chi connectivity index (χ3n) is 4.59. The first-order valence-electron chi connectivity index (χ1n) is 8.44. The van der Waals surface area contributed by atoms with Crippen molar-refractivity contribution in [3.05, 3.63) is 28.7 Å². The number of nitrogens with one attached hydrogen (secondary N) is 1. The lowest BCUT2D eigenvalue weighted by atomic mass is 9.99. The fourth-order valence-corrected chi connectivity index (χ4v) is 4.58. The van der Waals surface area contributed by atoms with Crippen molar-refractivity contribution < 1.29 is 13.2 Å². The molecule has 1 fully saturated rings. The van der Waals surface area contributed by atoms with E-state index in [1.807, 2.05) is 18.7 Å². The average Bonchev–Trinajstić information content (AvgIpc) is 2.56. The minimum absolute atomic E-state index is 0.0843. The molecule has 0 atom stereocenters. The number of likely N-dealkylation sites (tertiary alicyclic amines) is 1. The van der Waals surface area contributed by atoms with Gasteiger partial charge in [-0.25, -0.2) is 13.1 Å². The van der Waals surface area contributed by atoms with E-state index >= 15 is 0 Å². The summed E-state index contributed by atoms with van der Waals surface area (Å²) in [4.78, 5) is 14.5. The Morgan fingerprint density at radius 1 is 1.21 bits per heavy atom. The van der Waals surface area contributed by atoms with Crippen molar-refractivity contribution >= 4 is 31.9 Å². The van der Waals surface area contributed by atoms with Gasteiger partial charge in [0.2, 0.25) is 15.9 Å². The molecule has 0 aliphatic carbocycles. The Morgan fingerprint density at radius 3 is 2.25 bits per heavy atom. The van der Waals surface area contributed by atoms with Crippen LogP contribution < -0.4 is 4.72 Å². The highest BCUT2D eigenvalue weighted by Crippen LogP contribution is 2.20. The summed E-state index contributed by atoms with van der Waals surface area (Å²) in [5, 5.41) is 0. The van der Waals surface area contributed by atoms with E-state index in [1.165, 1.54) is 0 Å². The normalized spacial score (nSPS) is 16.6. The van der Waals surface area contributed by atoms with Crippen molar-refractivity contribution in [2.75, 3.05) is 13.1 Å². The molecule has 0 aromatic heterocycles. The maximum absolute atomic E-state index is 12.4. The van der Waals surface area contributed by atoms with Gasteiger partial charge in [-0.3, -0.25) is 4.79 Å². The highest BCUT2D eigenvalue weighted by atomic mass is 79.9. The molecule has 2 rings (SSSR count). The van der Waals surface area contributed by atoms with Gasteiger partial charge < -0.3 is 4.90 Å². The molecule has 1 N–H and O–H groups in total. The summed E-state index contributed by atoms with van der Waals surface area (Å²) in [7, 11) is -3.51. The Labute approximate surface area is 153 Å². The van der Waals surface area contributed by atoms with Gasteiger partial charge in [-0.2, -0.15) is 0 Å². The monoisotopic (exact) mass is 416 g/mol. The SMILES string of the molecule is CCC(CC)C(=O)N1CCC(NS(=O)(=O)c2ccc(Br)cc2)CC1. The van der Waals surface area contributed by atoms with Crippen LogP contribution in [0.15, 0.2) is 33.6 Å². The third-order valence-corrected chi connectivity index (χ3v) is 6.65. The van der Waals surface area contributed by atoms with E-state index in [9.17, 15) is 13.2 Å². The second kappa shape index (κ2) is 8.45. The first-order chi connectivity index (χ1) is 11.4. The molecule has 134 valence electrons. The molecule has 1 heterocycles. The second-order valence-corrected chi connectivity index (χ2v) is 8.82. The van der Waals surface area contributed by atoms with Crippen molar-refractivity contribution in [1.29, 1.82) is 0 Å². The van der Waals surface area contributed by atoms with E-state index in [4.69, 9.17) is 0 Å². The van der Waals surface area contributed by atoms with Crippen LogP contribution in [0.2, 0.25) is 0 Å². The molecule has 0 spiro atoms. The van der Waals surface area contributed by atoms with Crippen molar-refractivity contribution in [3.63, 3.8) is 0 Å². The molecule has 5 nitrogen and oxygen atoms in total. The Balaban J connectivity index is 1.93. The van der Waals surface area contributed by atoms with Crippen molar-refractivity contribution in [1.82, 2.24) is 9.62 Å². The van der Waals surface area contributed by atoms with Crippen molar-refractivity contribution in [2.45, 2.75) is 50.5 Å². The Kier molecular flexibility index (Phi) is 6.83. The molecular formula is C17H25BrN2O3S. The number of rotatable bonds is 6. The summed E-state index contributed by atoms with van der Waals surface area (Å²) in [6.07, 6.45) is 3.01. The number of benzene rings is 1. The number of sulfonamides is 1. The Hall–Kier alpha value is -0.920. The summed E-state index contributed by atoms with van der Waals surface area (Å²) >= 11 is 3.30. The zero-order valence-electron chi connectivity index (χ0n) is 14.2. The van der Waals surface area contributed by atoms with Crippen LogP contribution in [0.25, 0.3) is 0 Å². The summed E-state index contributed by atoms with van der Waals surface area (Å²) in [5.74, 6) is 0.287. The summed E-state index contributed by atoms with van der Waals surface area (Å²) < 4.78 is 28.5. The highest BCUT2D eigenvalue weighted by Gasteiger charge is 2.28. The smallest absolute Gasteiger partial charge is 0.240 e. The number of carbonyl (C=O) groups excluding carboxylic acids is 1.